The topological polar surface area (TPSA) is 75.7 Å². The number of likely N-dealkylation sites (N-methyl/N-ethyl adjacent to an activating group) is 1. The molecule has 0 spiro atoms. The minimum absolute atomic E-state index is 0.0974. The van der Waals surface area contributed by atoms with E-state index in [4.69, 9.17) is 16.3 Å². The molecule has 2 aromatic carbocycles. The summed E-state index contributed by atoms with van der Waals surface area (Å²) in [6, 6.07) is 13.6. The molecule has 0 radical (unpaired) electrons. The first-order valence-corrected chi connectivity index (χ1v) is 10.3. The molecule has 0 fully saturated rings. The predicted molar refractivity (Wildman–Crippen MR) is 106 cm³/mol. The second-order valence-electron chi connectivity index (χ2n) is 6.02. The first-order chi connectivity index (χ1) is 12.8. The number of nitrogens with one attached hydrogen (secondary N) is 1. The van der Waals surface area contributed by atoms with E-state index in [1.165, 1.54) is 31.3 Å². The smallest absolute Gasteiger partial charge is 0.243 e. The maximum absolute atomic E-state index is 12.4. The summed E-state index contributed by atoms with van der Waals surface area (Å²) >= 11 is 5.78. The number of aryl methyl sites for hydroxylation is 1. The Labute approximate surface area is 165 Å². The summed E-state index contributed by atoms with van der Waals surface area (Å²) in [6.45, 7) is 0.217. The van der Waals surface area contributed by atoms with E-state index in [9.17, 15) is 13.2 Å². The van der Waals surface area contributed by atoms with Crippen molar-refractivity contribution in [3.05, 3.63) is 59.1 Å². The molecule has 146 valence electrons. The third-order valence-corrected chi connectivity index (χ3v) is 6.06. The van der Waals surface area contributed by atoms with Gasteiger partial charge in [-0.1, -0.05) is 23.7 Å². The summed E-state index contributed by atoms with van der Waals surface area (Å²) in [5, 5.41) is 3.20. The molecule has 0 aliphatic heterocycles. The van der Waals surface area contributed by atoms with Crippen molar-refractivity contribution in [1.29, 1.82) is 0 Å². The number of rotatable bonds is 9. The fourth-order valence-corrected chi connectivity index (χ4v) is 3.73. The zero-order valence-corrected chi connectivity index (χ0v) is 16.9. The van der Waals surface area contributed by atoms with Crippen LogP contribution in [0.1, 0.15) is 12.0 Å². The molecule has 2 aromatic rings. The normalized spacial score (nSPS) is 11.4. The third-order valence-electron chi connectivity index (χ3n) is 3.99. The van der Waals surface area contributed by atoms with Gasteiger partial charge in [-0.15, -0.1) is 0 Å². The number of hydrogen-bond donors (Lipinski definition) is 1. The quantitative estimate of drug-likeness (QED) is 0.645. The zero-order chi connectivity index (χ0) is 19.9. The third kappa shape index (κ3) is 6.23. The molecule has 0 aromatic heterocycles. The fraction of sp³-hybridized carbons (Fsp3) is 0.316. The second kappa shape index (κ2) is 9.73. The van der Waals surface area contributed by atoms with Gasteiger partial charge in [-0.25, -0.2) is 8.42 Å². The Morgan fingerprint density at radius 1 is 1.19 bits per heavy atom. The Morgan fingerprint density at radius 2 is 1.89 bits per heavy atom. The summed E-state index contributed by atoms with van der Waals surface area (Å²) in [5.41, 5.74) is 1.12. The molecule has 1 amide bonds. The lowest BCUT2D eigenvalue weighted by molar-refractivity contribution is -0.121. The predicted octanol–water partition coefficient (Wildman–Crippen LogP) is 2.72. The fourth-order valence-electron chi connectivity index (χ4n) is 2.48. The van der Waals surface area contributed by atoms with Crippen molar-refractivity contribution in [2.24, 2.45) is 0 Å². The van der Waals surface area contributed by atoms with Gasteiger partial charge < -0.3 is 10.1 Å². The van der Waals surface area contributed by atoms with Gasteiger partial charge in [0, 0.05) is 18.6 Å². The highest BCUT2D eigenvalue weighted by molar-refractivity contribution is 7.89. The number of halogens is 1. The minimum atomic E-state index is -3.73. The lowest BCUT2D eigenvalue weighted by Crippen LogP contribution is -2.38. The van der Waals surface area contributed by atoms with Crippen LogP contribution in [0.4, 0.5) is 0 Å². The number of amides is 1. The number of sulfonamides is 1. The molecule has 0 unspecified atom stereocenters. The highest BCUT2D eigenvalue weighted by atomic mass is 35.5. The summed E-state index contributed by atoms with van der Waals surface area (Å²) in [4.78, 5) is 12.1. The Kier molecular flexibility index (Phi) is 7.65. The number of ether oxygens (including phenoxy) is 1. The Hall–Kier alpha value is -2.09. The SMILES string of the molecule is COc1cccc(CCCNC(=O)CN(C)S(=O)(=O)c2ccc(Cl)cc2)c1. The van der Waals surface area contributed by atoms with E-state index in [2.05, 4.69) is 5.32 Å². The summed E-state index contributed by atoms with van der Waals surface area (Å²) < 4.78 is 31.1. The maximum atomic E-state index is 12.4. The molecule has 27 heavy (non-hydrogen) atoms. The lowest BCUT2D eigenvalue weighted by Gasteiger charge is -2.17. The summed E-state index contributed by atoms with van der Waals surface area (Å²) in [7, 11) is -0.738. The van der Waals surface area contributed by atoms with Crippen molar-refractivity contribution in [3.8, 4) is 5.75 Å². The molecule has 0 aliphatic carbocycles. The molecule has 0 saturated heterocycles. The van der Waals surface area contributed by atoms with Gasteiger partial charge in [0.15, 0.2) is 0 Å². The van der Waals surface area contributed by atoms with Gasteiger partial charge in [0.25, 0.3) is 0 Å². The van der Waals surface area contributed by atoms with Crippen molar-refractivity contribution >= 4 is 27.5 Å². The molecule has 0 bridgehead atoms. The highest BCUT2D eigenvalue weighted by Crippen LogP contribution is 2.17. The van der Waals surface area contributed by atoms with Crippen molar-refractivity contribution in [1.82, 2.24) is 9.62 Å². The summed E-state index contributed by atoms with van der Waals surface area (Å²) in [5.74, 6) is 0.450. The van der Waals surface area contributed by atoms with Crippen LogP contribution < -0.4 is 10.1 Å². The number of nitrogens with zero attached hydrogens (tertiary/aromatic N) is 1. The molecule has 0 atom stereocenters. The van der Waals surface area contributed by atoms with Crippen molar-refractivity contribution in [2.75, 3.05) is 27.2 Å². The molecule has 0 heterocycles. The average Bonchev–Trinajstić information content (AvgIpc) is 2.65. The van der Waals surface area contributed by atoms with Crippen LogP contribution in [0.25, 0.3) is 0 Å². The van der Waals surface area contributed by atoms with Gasteiger partial charge in [0.2, 0.25) is 15.9 Å². The van der Waals surface area contributed by atoms with E-state index in [-0.39, 0.29) is 17.3 Å². The highest BCUT2D eigenvalue weighted by Gasteiger charge is 2.22. The van der Waals surface area contributed by atoms with Crippen molar-refractivity contribution < 1.29 is 17.9 Å². The van der Waals surface area contributed by atoms with Crippen LogP contribution in [-0.2, 0) is 21.2 Å². The average molecular weight is 411 g/mol. The molecule has 1 N–H and O–H groups in total. The molecule has 2 rings (SSSR count). The molecular weight excluding hydrogens is 388 g/mol. The first-order valence-electron chi connectivity index (χ1n) is 8.44. The van der Waals surface area contributed by atoms with Gasteiger partial charge >= 0.3 is 0 Å². The molecule has 8 heteroatoms. The van der Waals surface area contributed by atoms with E-state index >= 15 is 0 Å². The molecule has 0 aliphatic rings. The lowest BCUT2D eigenvalue weighted by atomic mass is 10.1. The largest absolute Gasteiger partial charge is 0.497 e. The van der Waals surface area contributed by atoms with E-state index in [1.54, 1.807) is 7.11 Å². The van der Waals surface area contributed by atoms with Crippen molar-refractivity contribution in [2.45, 2.75) is 17.7 Å². The first kappa shape index (κ1) is 21.2. The van der Waals surface area contributed by atoms with Crippen LogP contribution in [0.2, 0.25) is 5.02 Å². The van der Waals surface area contributed by atoms with E-state index < -0.39 is 10.0 Å². The number of hydrogen-bond acceptors (Lipinski definition) is 4. The van der Waals surface area contributed by atoms with Gasteiger partial charge in [0.1, 0.15) is 5.75 Å². The second-order valence-corrected chi connectivity index (χ2v) is 8.50. The van der Waals surface area contributed by atoms with Crippen LogP contribution in [0, 0.1) is 0 Å². The standard InChI is InChI=1S/C19H23ClN2O4S/c1-22(27(24,25)18-10-8-16(20)9-11-18)14-19(23)21-12-4-6-15-5-3-7-17(13-15)26-2/h3,5,7-11,13H,4,6,12,14H2,1-2H3,(H,21,23). The Bertz CT molecular complexity index is 870. The van der Waals surface area contributed by atoms with Crippen molar-refractivity contribution in [3.63, 3.8) is 0 Å². The monoisotopic (exact) mass is 410 g/mol. The number of carbonyl (C=O) groups is 1. The van der Waals surface area contributed by atoms with E-state index in [0.717, 1.165) is 28.5 Å². The van der Waals surface area contributed by atoms with Gasteiger partial charge in [-0.05, 0) is 54.8 Å². The van der Waals surface area contributed by atoms with Crippen LogP contribution in [0.15, 0.2) is 53.4 Å². The van der Waals surface area contributed by atoms with Gasteiger partial charge in [-0.3, -0.25) is 4.79 Å². The Morgan fingerprint density at radius 3 is 2.56 bits per heavy atom. The van der Waals surface area contributed by atoms with Crippen LogP contribution >= 0.6 is 11.6 Å². The summed E-state index contributed by atoms with van der Waals surface area (Å²) in [6.07, 6.45) is 1.53. The van der Waals surface area contributed by atoms with Crippen LogP contribution in [-0.4, -0.2) is 45.9 Å². The zero-order valence-electron chi connectivity index (χ0n) is 15.3. The number of carbonyl (C=O) groups excluding carboxylic acids is 1. The van der Waals surface area contributed by atoms with Gasteiger partial charge in [0.05, 0.1) is 18.6 Å². The molecule has 6 nitrogen and oxygen atoms in total. The number of benzene rings is 2. The van der Waals surface area contributed by atoms with Gasteiger partial charge in [-0.2, -0.15) is 4.31 Å². The van der Waals surface area contributed by atoms with E-state index in [1.807, 2.05) is 24.3 Å². The maximum Gasteiger partial charge on any atom is 0.243 e. The molecule has 0 saturated carbocycles. The minimum Gasteiger partial charge on any atom is -0.497 e. The number of methoxy groups -OCH3 is 1. The Balaban J connectivity index is 1.80. The van der Waals surface area contributed by atoms with E-state index in [0.29, 0.717) is 11.6 Å². The molecular formula is C19H23ClN2O4S. The van der Waals surface area contributed by atoms with Crippen LogP contribution in [0.5, 0.6) is 5.75 Å². The van der Waals surface area contributed by atoms with Crippen LogP contribution in [0.3, 0.4) is 0 Å².